The predicted octanol–water partition coefficient (Wildman–Crippen LogP) is 3.49. The molecule has 5 heteroatoms. The van der Waals surface area contributed by atoms with Crippen LogP contribution < -0.4 is 5.32 Å². The summed E-state index contributed by atoms with van der Waals surface area (Å²) < 4.78 is 18.7. The van der Waals surface area contributed by atoms with Crippen molar-refractivity contribution in [2.75, 3.05) is 7.11 Å². The number of hydrogen-bond acceptors (Lipinski definition) is 3. The first-order valence-electron chi connectivity index (χ1n) is 8.20. The third kappa shape index (κ3) is 3.72. The number of methoxy groups -OCH3 is 1. The van der Waals surface area contributed by atoms with Gasteiger partial charge < -0.3 is 10.1 Å². The molecule has 4 nitrogen and oxygen atoms in total. The van der Waals surface area contributed by atoms with E-state index < -0.39 is 23.7 Å². The number of ether oxygens (including phenoxy) is 1. The minimum Gasteiger partial charge on any atom is -0.467 e. The molecule has 0 saturated heterocycles. The third-order valence-electron chi connectivity index (χ3n) is 4.21. The molecule has 0 spiro atoms. The lowest BCUT2D eigenvalue weighted by atomic mass is 10.0. The Hall–Kier alpha value is -3.21. The Labute approximate surface area is 150 Å². The van der Waals surface area contributed by atoms with Crippen molar-refractivity contribution in [2.45, 2.75) is 12.5 Å². The van der Waals surface area contributed by atoms with Crippen LogP contribution in [0.2, 0.25) is 0 Å². The summed E-state index contributed by atoms with van der Waals surface area (Å²) in [5.74, 6) is -1.46. The maximum atomic E-state index is 13.9. The van der Waals surface area contributed by atoms with Crippen molar-refractivity contribution >= 4 is 22.6 Å². The first-order chi connectivity index (χ1) is 12.6. The number of rotatable bonds is 5. The fourth-order valence-corrected chi connectivity index (χ4v) is 2.88. The number of carbonyl (C=O) groups is 2. The molecule has 1 atom stereocenters. The second-order valence-corrected chi connectivity index (χ2v) is 5.87. The number of amides is 1. The Morgan fingerprint density at radius 3 is 2.46 bits per heavy atom. The number of esters is 1. The molecule has 0 fully saturated rings. The average Bonchev–Trinajstić information content (AvgIpc) is 2.67. The Balaban J connectivity index is 1.88. The summed E-state index contributed by atoms with van der Waals surface area (Å²) in [6.07, 6.45) is 0.00977. The molecule has 3 aromatic rings. The molecule has 0 bridgehead atoms. The second-order valence-electron chi connectivity index (χ2n) is 5.87. The SMILES string of the molecule is COC(=O)[C@H](Cc1ccccc1F)NC(=O)c1cccc2ccccc12. The van der Waals surface area contributed by atoms with Gasteiger partial charge in [0, 0.05) is 12.0 Å². The third-order valence-corrected chi connectivity index (χ3v) is 4.21. The van der Waals surface area contributed by atoms with Gasteiger partial charge in [-0.3, -0.25) is 4.79 Å². The maximum Gasteiger partial charge on any atom is 0.328 e. The number of hydrogen-bond donors (Lipinski definition) is 1. The molecule has 3 aromatic carbocycles. The molecule has 1 amide bonds. The van der Waals surface area contributed by atoms with Gasteiger partial charge in [0.25, 0.3) is 5.91 Å². The number of nitrogens with one attached hydrogen (secondary N) is 1. The van der Waals surface area contributed by atoms with Crippen LogP contribution in [0.5, 0.6) is 0 Å². The standard InChI is InChI=1S/C21H18FNO3/c1-26-21(25)19(13-15-8-3-5-12-18(15)22)23-20(24)17-11-6-9-14-7-2-4-10-16(14)17/h2-12,19H,13H2,1H3,(H,23,24)/t19-/m0/s1. The highest BCUT2D eigenvalue weighted by Crippen LogP contribution is 2.19. The Morgan fingerprint density at radius 2 is 1.69 bits per heavy atom. The number of benzene rings is 3. The van der Waals surface area contributed by atoms with Crippen molar-refractivity contribution in [3.8, 4) is 0 Å². The van der Waals surface area contributed by atoms with E-state index in [1.807, 2.05) is 30.3 Å². The summed E-state index contributed by atoms with van der Waals surface area (Å²) in [5.41, 5.74) is 0.784. The maximum absolute atomic E-state index is 13.9. The van der Waals surface area contributed by atoms with E-state index in [4.69, 9.17) is 4.74 Å². The van der Waals surface area contributed by atoms with Crippen molar-refractivity contribution in [1.29, 1.82) is 0 Å². The van der Waals surface area contributed by atoms with E-state index in [1.165, 1.54) is 13.2 Å². The molecule has 0 aliphatic rings. The van der Waals surface area contributed by atoms with Gasteiger partial charge in [0.15, 0.2) is 0 Å². The molecular formula is C21H18FNO3. The highest BCUT2D eigenvalue weighted by atomic mass is 19.1. The minimum atomic E-state index is -0.983. The quantitative estimate of drug-likeness (QED) is 0.716. The van der Waals surface area contributed by atoms with Gasteiger partial charge in [-0.05, 0) is 28.5 Å². The Bertz CT molecular complexity index is 949. The largest absolute Gasteiger partial charge is 0.467 e. The smallest absolute Gasteiger partial charge is 0.328 e. The van der Waals surface area contributed by atoms with Crippen LogP contribution in [0.25, 0.3) is 10.8 Å². The molecule has 132 valence electrons. The number of halogens is 1. The molecule has 1 N–H and O–H groups in total. The van der Waals surface area contributed by atoms with Crippen LogP contribution >= 0.6 is 0 Å². The van der Waals surface area contributed by atoms with E-state index in [2.05, 4.69) is 5.32 Å². The lowest BCUT2D eigenvalue weighted by Gasteiger charge is -2.17. The van der Waals surface area contributed by atoms with E-state index in [0.717, 1.165) is 10.8 Å². The molecular weight excluding hydrogens is 333 g/mol. The minimum absolute atomic E-state index is 0.00977. The number of fused-ring (bicyclic) bond motifs is 1. The monoisotopic (exact) mass is 351 g/mol. The van der Waals surface area contributed by atoms with Crippen LogP contribution in [-0.2, 0) is 16.0 Å². The zero-order valence-electron chi connectivity index (χ0n) is 14.2. The fraction of sp³-hybridized carbons (Fsp3) is 0.143. The van der Waals surface area contributed by atoms with Crippen molar-refractivity contribution < 1.29 is 18.7 Å². The molecule has 0 aromatic heterocycles. The summed E-state index contributed by atoms with van der Waals surface area (Å²) in [4.78, 5) is 24.9. The van der Waals surface area contributed by atoms with Crippen molar-refractivity contribution in [2.24, 2.45) is 0 Å². The van der Waals surface area contributed by atoms with E-state index in [0.29, 0.717) is 11.1 Å². The van der Waals surface area contributed by atoms with Crippen molar-refractivity contribution in [3.63, 3.8) is 0 Å². The van der Waals surface area contributed by atoms with Gasteiger partial charge in [0.1, 0.15) is 11.9 Å². The molecule has 0 radical (unpaired) electrons. The zero-order valence-corrected chi connectivity index (χ0v) is 14.2. The van der Waals surface area contributed by atoms with E-state index >= 15 is 0 Å². The van der Waals surface area contributed by atoms with Crippen LogP contribution in [0.4, 0.5) is 4.39 Å². The molecule has 0 aliphatic carbocycles. The van der Waals surface area contributed by atoms with Gasteiger partial charge in [-0.25, -0.2) is 9.18 Å². The van der Waals surface area contributed by atoms with Gasteiger partial charge in [-0.2, -0.15) is 0 Å². The first kappa shape index (κ1) is 17.6. The molecule has 0 saturated carbocycles. The summed E-state index contributed by atoms with van der Waals surface area (Å²) in [7, 11) is 1.24. The van der Waals surface area contributed by atoms with Crippen LogP contribution in [0.15, 0.2) is 66.7 Å². The highest BCUT2D eigenvalue weighted by Gasteiger charge is 2.24. The Morgan fingerprint density at radius 1 is 1.00 bits per heavy atom. The summed E-state index contributed by atoms with van der Waals surface area (Å²) in [6.45, 7) is 0. The summed E-state index contributed by atoms with van der Waals surface area (Å²) in [6, 6.07) is 18.0. The average molecular weight is 351 g/mol. The van der Waals surface area contributed by atoms with Gasteiger partial charge in [-0.15, -0.1) is 0 Å². The van der Waals surface area contributed by atoms with E-state index in [-0.39, 0.29) is 6.42 Å². The number of carbonyl (C=O) groups excluding carboxylic acids is 2. The van der Waals surface area contributed by atoms with Gasteiger partial charge in [0.2, 0.25) is 0 Å². The second kappa shape index (κ2) is 7.78. The molecule has 26 heavy (non-hydrogen) atoms. The Kier molecular flexibility index (Phi) is 5.27. The van der Waals surface area contributed by atoms with Crippen molar-refractivity contribution in [1.82, 2.24) is 5.32 Å². The molecule has 0 heterocycles. The van der Waals surface area contributed by atoms with Crippen LogP contribution in [0.1, 0.15) is 15.9 Å². The van der Waals surface area contributed by atoms with E-state index in [9.17, 15) is 14.0 Å². The van der Waals surface area contributed by atoms with Crippen molar-refractivity contribution in [3.05, 3.63) is 83.7 Å². The van der Waals surface area contributed by atoms with Gasteiger partial charge in [0.05, 0.1) is 7.11 Å². The molecule has 0 unspecified atom stereocenters. The highest BCUT2D eigenvalue weighted by molar-refractivity contribution is 6.08. The first-order valence-corrected chi connectivity index (χ1v) is 8.20. The van der Waals surface area contributed by atoms with Gasteiger partial charge in [-0.1, -0.05) is 54.6 Å². The van der Waals surface area contributed by atoms with Gasteiger partial charge >= 0.3 is 5.97 Å². The summed E-state index contributed by atoms with van der Waals surface area (Å²) >= 11 is 0. The lowest BCUT2D eigenvalue weighted by Crippen LogP contribution is -2.43. The molecule has 0 aliphatic heterocycles. The summed E-state index contributed by atoms with van der Waals surface area (Å²) in [5, 5.41) is 4.37. The van der Waals surface area contributed by atoms with E-state index in [1.54, 1.807) is 30.3 Å². The zero-order chi connectivity index (χ0) is 18.5. The van der Waals surface area contributed by atoms with Crippen LogP contribution in [0.3, 0.4) is 0 Å². The molecule has 3 rings (SSSR count). The van der Waals surface area contributed by atoms with Crippen LogP contribution in [-0.4, -0.2) is 25.0 Å². The topological polar surface area (TPSA) is 55.4 Å². The predicted molar refractivity (Wildman–Crippen MR) is 97.3 cm³/mol. The normalized spacial score (nSPS) is 11.8. The lowest BCUT2D eigenvalue weighted by molar-refractivity contribution is -0.142. The van der Waals surface area contributed by atoms with Crippen LogP contribution in [0, 0.1) is 5.82 Å². The fourth-order valence-electron chi connectivity index (χ4n) is 2.88.